The number of hydrogen-bond donors (Lipinski definition) is 1. The Morgan fingerprint density at radius 2 is 2.15 bits per heavy atom. The Morgan fingerprint density at radius 3 is 2.81 bits per heavy atom. The van der Waals surface area contributed by atoms with Crippen molar-refractivity contribution in [1.82, 2.24) is 9.13 Å². The van der Waals surface area contributed by atoms with Gasteiger partial charge in [-0.15, -0.1) is 0 Å². The van der Waals surface area contributed by atoms with Crippen molar-refractivity contribution in [2.75, 3.05) is 18.0 Å². The number of hydrogen-bond acceptors (Lipinski definition) is 5. The summed E-state index contributed by atoms with van der Waals surface area (Å²) < 4.78 is 15.9. The van der Waals surface area contributed by atoms with Gasteiger partial charge in [-0.2, -0.15) is 5.26 Å². The first-order valence-electron chi connectivity index (χ1n) is 8.52. The largest absolute Gasteiger partial charge is 0.355 e. The SMILES string of the molecule is Cn1c(=O)c(Cl)c(N2CCC[C@H](N)C2)n(Cc2cc(F)ccc2C#N)c1=O. The van der Waals surface area contributed by atoms with E-state index in [0.29, 0.717) is 18.7 Å². The summed E-state index contributed by atoms with van der Waals surface area (Å²) in [7, 11) is 1.33. The summed E-state index contributed by atoms with van der Waals surface area (Å²) in [5.74, 6) is -0.262. The molecule has 0 saturated carbocycles. The molecule has 0 unspecified atom stereocenters. The normalized spacial score (nSPS) is 17.0. The van der Waals surface area contributed by atoms with Crippen LogP contribution in [0.5, 0.6) is 0 Å². The maximum Gasteiger partial charge on any atom is 0.332 e. The molecule has 0 radical (unpaired) electrons. The van der Waals surface area contributed by atoms with Gasteiger partial charge in [0.05, 0.1) is 18.2 Å². The van der Waals surface area contributed by atoms with Crippen LogP contribution >= 0.6 is 11.6 Å². The molecule has 3 rings (SSSR count). The third kappa shape index (κ3) is 3.61. The Balaban J connectivity index is 2.20. The lowest BCUT2D eigenvalue weighted by atomic mass is 10.1. The second kappa shape index (κ2) is 7.55. The molecular weight excluding hydrogens is 373 g/mol. The van der Waals surface area contributed by atoms with Gasteiger partial charge in [-0.05, 0) is 36.6 Å². The lowest BCUT2D eigenvalue weighted by Gasteiger charge is -2.34. The van der Waals surface area contributed by atoms with Crippen LogP contribution in [-0.4, -0.2) is 28.3 Å². The molecule has 2 N–H and O–H groups in total. The molecule has 2 heterocycles. The molecule has 2 aromatic rings. The fourth-order valence-corrected chi connectivity index (χ4v) is 3.70. The Labute approximate surface area is 160 Å². The van der Waals surface area contributed by atoms with Crippen molar-refractivity contribution in [3.05, 3.63) is 61.0 Å². The summed E-state index contributed by atoms with van der Waals surface area (Å²) in [5.41, 5.74) is 5.42. The molecule has 1 aromatic carbocycles. The maximum atomic E-state index is 13.7. The monoisotopic (exact) mass is 391 g/mol. The fourth-order valence-electron chi connectivity index (χ4n) is 3.35. The van der Waals surface area contributed by atoms with Crippen LogP contribution in [0, 0.1) is 17.1 Å². The number of aromatic nitrogens is 2. The molecule has 1 aromatic heterocycles. The van der Waals surface area contributed by atoms with Crippen molar-refractivity contribution >= 4 is 17.4 Å². The zero-order chi connectivity index (χ0) is 19.7. The number of piperidine rings is 1. The van der Waals surface area contributed by atoms with E-state index in [4.69, 9.17) is 17.3 Å². The highest BCUT2D eigenvalue weighted by molar-refractivity contribution is 6.32. The molecule has 1 saturated heterocycles. The molecule has 142 valence electrons. The Morgan fingerprint density at radius 1 is 1.41 bits per heavy atom. The van der Waals surface area contributed by atoms with E-state index >= 15 is 0 Å². The standard InChI is InChI=1S/C18H19ClFN5O2/c1-23-17(26)15(19)16(24-6-2-3-14(22)10-24)25(18(23)27)9-12-7-13(20)5-4-11(12)8-21/h4-5,7,14H,2-3,6,9-10,22H2,1H3/t14-/m0/s1. The highest BCUT2D eigenvalue weighted by Crippen LogP contribution is 2.25. The number of anilines is 1. The number of halogens is 2. The number of nitrogens with two attached hydrogens (primary N) is 1. The minimum atomic E-state index is -0.605. The Kier molecular flexibility index (Phi) is 5.35. The van der Waals surface area contributed by atoms with Gasteiger partial charge in [0.1, 0.15) is 16.7 Å². The molecule has 1 atom stereocenters. The predicted octanol–water partition coefficient (Wildman–Crippen LogP) is 1.19. The molecule has 0 amide bonds. The van der Waals surface area contributed by atoms with Crippen LogP contribution in [0.2, 0.25) is 5.02 Å². The molecule has 1 fully saturated rings. The minimum Gasteiger partial charge on any atom is -0.355 e. The van der Waals surface area contributed by atoms with Crippen molar-refractivity contribution in [2.24, 2.45) is 12.8 Å². The number of nitrogens with zero attached hydrogens (tertiary/aromatic N) is 4. The van der Waals surface area contributed by atoms with Gasteiger partial charge in [0.25, 0.3) is 5.56 Å². The molecule has 0 bridgehead atoms. The summed E-state index contributed by atoms with van der Waals surface area (Å²) >= 11 is 6.31. The zero-order valence-corrected chi connectivity index (χ0v) is 15.5. The van der Waals surface area contributed by atoms with E-state index in [1.807, 2.05) is 11.0 Å². The molecule has 9 heteroatoms. The van der Waals surface area contributed by atoms with Gasteiger partial charge >= 0.3 is 5.69 Å². The fraction of sp³-hybridized carbons (Fsp3) is 0.389. The molecule has 1 aliphatic rings. The Hall–Kier alpha value is -2.63. The van der Waals surface area contributed by atoms with Crippen molar-refractivity contribution < 1.29 is 4.39 Å². The molecule has 0 spiro atoms. The lowest BCUT2D eigenvalue weighted by Crippen LogP contribution is -2.48. The second-order valence-corrected chi connectivity index (χ2v) is 7.01. The van der Waals surface area contributed by atoms with E-state index in [1.54, 1.807) is 0 Å². The van der Waals surface area contributed by atoms with E-state index < -0.39 is 17.1 Å². The van der Waals surface area contributed by atoms with Crippen LogP contribution in [-0.2, 0) is 13.6 Å². The summed E-state index contributed by atoms with van der Waals surface area (Å²) in [6.45, 7) is 0.948. The van der Waals surface area contributed by atoms with Gasteiger partial charge in [0, 0.05) is 26.2 Å². The van der Waals surface area contributed by atoms with Crippen molar-refractivity contribution in [3.63, 3.8) is 0 Å². The number of benzene rings is 1. The van der Waals surface area contributed by atoms with E-state index in [-0.39, 0.29) is 29.0 Å². The second-order valence-electron chi connectivity index (χ2n) is 6.63. The highest BCUT2D eigenvalue weighted by Gasteiger charge is 2.26. The summed E-state index contributed by atoms with van der Waals surface area (Å²) in [5, 5.41) is 9.20. The molecule has 0 aliphatic carbocycles. The minimum absolute atomic E-state index is 0.0889. The van der Waals surface area contributed by atoms with E-state index in [9.17, 15) is 19.2 Å². The molecule has 27 heavy (non-hydrogen) atoms. The number of rotatable bonds is 3. The summed E-state index contributed by atoms with van der Waals surface area (Å²) in [4.78, 5) is 27.0. The average Bonchev–Trinajstić information content (AvgIpc) is 2.65. The van der Waals surface area contributed by atoms with Crippen LogP contribution < -0.4 is 21.9 Å². The van der Waals surface area contributed by atoms with E-state index in [1.165, 1.54) is 29.8 Å². The lowest BCUT2D eigenvalue weighted by molar-refractivity contribution is 0.491. The van der Waals surface area contributed by atoms with Gasteiger partial charge in [-0.3, -0.25) is 13.9 Å². The van der Waals surface area contributed by atoms with Crippen LogP contribution in [0.1, 0.15) is 24.0 Å². The van der Waals surface area contributed by atoms with Crippen molar-refractivity contribution in [2.45, 2.75) is 25.4 Å². The van der Waals surface area contributed by atoms with Gasteiger partial charge in [0.15, 0.2) is 0 Å². The van der Waals surface area contributed by atoms with Crippen LogP contribution in [0.15, 0.2) is 27.8 Å². The van der Waals surface area contributed by atoms with Crippen molar-refractivity contribution in [1.29, 1.82) is 5.26 Å². The van der Waals surface area contributed by atoms with Crippen LogP contribution in [0.4, 0.5) is 10.2 Å². The van der Waals surface area contributed by atoms with E-state index in [0.717, 1.165) is 17.4 Å². The zero-order valence-electron chi connectivity index (χ0n) is 14.8. The van der Waals surface area contributed by atoms with E-state index in [2.05, 4.69) is 0 Å². The topological polar surface area (TPSA) is 97.1 Å². The first kappa shape index (κ1) is 19.1. The summed E-state index contributed by atoms with van der Waals surface area (Å²) in [6, 6.07) is 5.63. The smallest absolute Gasteiger partial charge is 0.332 e. The predicted molar refractivity (Wildman–Crippen MR) is 101 cm³/mol. The first-order valence-corrected chi connectivity index (χ1v) is 8.89. The van der Waals surface area contributed by atoms with Gasteiger partial charge < -0.3 is 10.6 Å². The van der Waals surface area contributed by atoms with Gasteiger partial charge in [-0.25, -0.2) is 9.18 Å². The Bertz CT molecular complexity index is 1040. The number of nitriles is 1. The quantitative estimate of drug-likeness (QED) is 0.847. The average molecular weight is 392 g/mol. The summed E-state index contributed by atoms with van der Waals surface area (Å²) in [6.07, 6.45) is 1.63. The van der Waals surface area contributed by atoms with Gasteiger partial charge in [0.2, 0.25) is 0 Å². The van der Waals surface area contributed by atoms with Gasteiger partial charge in [-0.1, -0.05) is 11.6 Å². The van der Waals surface area contributed by atoms with Crippen LogP contribution in [0.3, 0.4) is 0 Å². The molecule has 1 aliphatic heterocycles. The van der Waals surface area contributed by atoms with Crippen molar-refractivity contribution in [3.8, 4) is 6.07 Å². The molecular formula is C18H19ClFN5O2. The molecule has 7 nitrogen and oxygen atoms in total. The van der Waals surface area contributed by atoms with Crippen LogP contribution in [0.25, 0.3) is 0 Å². The first-order chi connectivity index (χ1) is 12.8. The third-order valence-corrected chi connectivity index (χ3v) is 5.07. The highest BCUT2D eigenvalue weighted by atomic mass is 35.5. The maximum absolute atomic E-state index is 13.7. The third-order valence-electron chi connectivity index (χ3n) is 4.74.